The molecule has 0 fully saturated rings. The lowest BCUT2D eigenvalue weighted by Crippen LogP contribution is -2.44. The summed E-state index contributed by atoms with van der Waals surface area (Å²) in [6.07, 6.45) is 2.21. The molecule has 0 unspecified atom stereocenters. The molecule has 2 aromatic heterocycles. The molecule has 0 aliphatic carbocycles. The number of nitrogens with zero attached hydrogens (tertiary/aromatic N) is 4. The summed E-state index contributed by atoms with van der Waals surface area (Å²) in [6.45, 7) is 1.51. The van der Waals surface area contributed by atoms with Gasteiger partial charge in [0.25, 0.3) is 5.56 Å². The topological polar surface area (TPSA) is 89.4 Å². The van der Waals surface area contributed by atoms with Crippen molar-refractivity contribution in [3.05, 3.63) is 51.0 Å². The third-order valence-electron chi connectivity index (χ3n) is 3.87. The lowest BCUT2D eigenvalue weighted by atomic mass is 10.1. The molecule has 0 bridgehead atoms. The van der Waals surface area contributed by atoms with Crippen LogP contribution in [0.3, 0.4) is 0 Å². The van der Waals surface area contributed by atoms with Gasteiger partial charge in [-0.25, -0.2) is 14.5 Å². The molecule has 0 spiro atoms. The quantitative estimate of drug-likeness (QED) is 0.818. The summed E-state index contributed by atoms with van der Waals surface area (Å²) in [5.41, 5.74) is 1.47. The largest absolute Gasteiger partial charge is 0.475 e. The number of pyridine rings is 1. The first kappa shape index (κ1) is 17.2. The minimum absolute atomic E-state index is 0.179. The Morgan fingerprint density at radius 2 is 2.32 bits per heavy atom. The van der Waals surface area contributed by atoms with Crippen LogP contribution in [-0.4, -0.2) is 45.4 Å². The minimum atomic E-state index is -0.206. The molecule has 1 aliphatic heterocycles. The van der Waals surface area contributed by atoms with Crippen LogP contribution < -0.4 is 15.6 Å². The van der Waals surface area contributed by atoms with Gasteiger partial charge in [0.15, 0.2) is 0 Å². The Balaban J connectivity index is 1.50. The van der Waals surface area contributed by atoms with E-state index in [4.69, 9.17) is 16.3 Å². The first-order valence-corrected chi connectivity index (χ1v) is 8.24. The van der Waals surface area contributed by atoms with E-state index in [0.717, 1.165) is 11.3 Å². The van der Waals surface area contributed by atoms with Crippen LogP contribution in [0, 0.1) is 0 Å². The van der Waals surface area contributed by atoms with Crippen LogP contribution in [0.5, 0.6) is 5.88 Å². The summed E-state index contributed by atoms with van der Waals surface area (Å²) in [7, 11) is 1.62. The SMILES string of the molecule is Cn1nc2c(cc1=O)CN(C(=O)NCCOc1ncccc1Cl)CC2. The predicted octanol–water partition coefficient (Wildman–Crippen LogP) is 0.975. The first-order chi connectivity index (χ1) is 12.0. The van der Waals surface area contributed by atoms with Gasteiger partial charge >= 0.3 is 6.03 Å². The van der Waals surface area contributed by atoms with E-state index < -0.39 is 0 Å². The second-order valence-corrected chi connectivity index (χ2v) is 6.03. The van der Waals surface area contributed by atoms with Crippen LogP contribution in [0.1, 0.15) is 11.3 Å². The van der Waals surface area contributed by atoms with Crippen LogP contribution in [0.25, 0.3) is 0 Å². The third kappa shape index (κ3) is 4.08. The van der Waals surface area contributed by atoms with Crippen LogP contribution in [0.15, 0.2) is 29.2 Å². The number of aryl methyl sites for hydroxylation is 1. The highest BCUT2D eigenvalue weighted by Crippen LogP contribution is 2.19. The van der Waals surface area contributed by atoms with Crippen LogP contribution >= 0.6 is 11.6 Å². The van der Waals surface area contributed by atoms with Gasteiger partial charge < -0.3 is 15.0 Å². The molecule has 25 heavy (non-hydrogen) atoms. The third-order valence-corrected chi connectivity index (χ3v) is 4.15. The number of aromatic nitrogens is 3. The van der Waals surface area contributed by atoms with E-state index in [9.17, 15) is 9.59 Å². The number of fused-ring (bicyclic) bond motifs is 1. The second-order valence-electron chi connectivity index (χ2n) is 5.62. The fraction of sp³-hybridized carbons (Fsp3) is 0.375. The monoisotopic (exact) mass is 363 g/mol. The number of amides is 2. The molecule has 0 radical (unpaired) electrons. The Morgan fingerprint density at radius 3 is 3.12 bits per heavy atom. The van der Waals surface area contributed by atoms with Gasteiger partial charge in [-0.15, -0.1) is 0 Å². The summed E-state index contributed by atoms with van der Waals surface area (Å²) in [6, 6.07) is 4.73. The van der Waals surface area contributed by atoms with Crippen LogP contribution in [0.2, 0.25) is 5.02 Å². The molecule has 8 nitrogen and oxygen atoms in total. The van der Waals surface area contributed by atoms with Crippen molar-refractivity contribution in [2.75, 3.05) is 19.7 Å². The standard InChI is InChI=1S/C16H18ClN5O3/c1-21-14(23)9-11-10-22(7-4-13(11)20-21)16(24)19-6-8-25-15-12(17)3-2-5-18-15/h2-3,5,9H,4,6-8,10H2,1H3,(H,19,24). The highest BCUT2D eigenvalue weighted by atomic mass is 35.5. The molecule has 9 heteroatoms. The molecule has 2 aromatic rings. The van der Waals surface area contributed by atoms with Crippen molar-refractivity contribution in [3.63, 3.8) is 0 Å². The fourth-order valence-corrected chi connectivity index (χ4v) is 2.74. The summed E-state index contributed by atoms with van der Waals surface area (Å²) in [5, 5.41) is 7.44. The zero-order chi connectivity index (χ0) is 17.8. The summed E-state index contributed by atoms with van der Waals surface area (Å²) >= 11 is 5.94. The van der Waals surface area contributed by atoms with Crippen molar-refractivity contribution in [1.29, 1.82) is 0 Å². The number of urea groups is 1. The van der Waals surface area contributed by atoms with E-state index in [1.807, 2.05) is 0 Å². The average Bonchev–Trinajstić information content (AvgIpc) is 2.60. The van der Waals surface area contributed by atoms with Gasteiger partial charge in [0.05, 0.1) is 12.2 Å². The maximum atomic E-state index is 12.3. The Labute approximate surface area is 149 Å². The van der Waals surface area contributed by atoms with Gasteiger partial charge in [-0.2, -0.15) is 5.10 Å². The van der Waals surface area contributed by atoms with E-state index in [-0.39, 0.29) is 18.2 Å². The number of rotatable bonds is 4. The van der Waals surface area contributed by atoms with Crippen molar-refractivity contribution in [2.45, 2.75) is 13.0 Å². The number of carbonyl (C=O) groups is 1. The molecule has 2 amide bonds. The number of nitrogens with one attached hydrogen (secondary N) is 1. The van der Waals surface area contributed by atoms with Crippen molar-refractivity contribution in [2.24, 2.45) is 7.05 Å². The van der Waals surface area contributed by atoms with Crippen molar-refractivity contribution in [1.82, 2.24) is 25.0 Å². The smallest absolute Gasteiger partial charge is 0.317 e. The lowest BCUT2D eigenvalue weighted by Gasteiger charge is -2.28. The minimum Gasteiger partial charge on any atom is -0.475 e. The number of hydrogen-bond donors (Lipinski definition) is 1. The van der Waals surface area contributed by atoms with Gasteiger partial charge in [0.1, 0.15) is 11.6 Å². The molecular weight excluding hydrogens is 346 g/mol. The number of carbonyl (C=O) groups excluding carboxylic acids is 1. The normalized spacial score (nSPS) is 13.3. The first-order valence-electron chi connectivity index (χ1n) is 7.87. The van der Waals surface area contributed by atoms with E-state index in [2.05, 4.69) is 15.4 Å². The Morgan fingerprint density at radius 1 is 1.48 bits per heavy atom. The second kappa shape index (κ2) is 7.52. The molecule has 0 saturated carbocycles. The average molecular weight is 364 g/mol. The molecule has 1 aliphatic rings. The van der Waals surface area contributed by atoms with Gasteiger partial charge in [-0.05, 0) is 12.1 Å². The molecule has 132 valence electrons. The van der Waals surface area contributed by atoms with Gasteiger partial charge in [0.2, 0.25) is 5.88 Å². The summed E-state index contributed by atoms with van der Waals surface area (Å²) < 4.78 is 6.74. The zero-order valence-electron chi connectivity index (χ0n) is 13.7. The van der Waals surface area contributed by atoms with Gasteiger partial charge in [-0.3, -0.25) is 4.79 Å². The van der Waals surface area contributed by atoms with E-state index in [1.165, 1.54) is 10.7 Å². The van der Waals surface area contributed by atoms with Crippen molar-refractivity contribution < 1.29 is 9.53 Å². The molecule has 3 heterocycles. The Bertz CT molecular complexity index is 839. The highest BCUT2D eigenvalue weighted by Gasteiger charge is 2.22. The highest BCUT2D eigenvalue weighted by molar-refractivity contribution is 6.31. The van der Waals surface area contributed by atoms with Crippen molar-refractivity contribution >= 4 is 17.6 Å². The molecule has 1 N–H and O–H groups in total. The number of ether oxygens (including phenoxy) is 1. The number of hydrogen-bond acceptors (Lipinski definition) is 5. The van der Waals surface area contributed by atoms with Crippen molar-refractivity contribution in [3.8, 4) is 5.88 Å². The molecule has 0 aromatic carbocycles. The molecule has 0 atom stereocenters. The maximum Gasteiger partial charge on any atom is 0.317 e. The van der Waals surface area contributed by atoms with E-state index in [0.29, 0.717) is 37.0 Å². The van der Waals surface area contributed by atoms with Gasteiger partial charge in [-0.1, -0.05) is 11.6 Å². The lowest BCUT2D eigenvalue weighted by molar-refractivity contribution is 0.188. The van der Waals surface area contributed by atoms with Gasteiger partial charge in [0, 0.05) is 44.4 Å². The number of halogens is 1. The Hall–Kier alpha value is -2.61. The molecule has 3 rings (SSSR count). The van der Waals surface area contributed by atoms with E-state index in [1.54, 1.807) is 30.3 Å². The fourth-order valence-electron chi connectivity index (χ4n) is 2.56. The molecule has 0 saturated heterocycles. The van der Waals surface area contributed by atoms with E-state index >= 15 is 0 Å². The maximum absolute atomic E-state index is 12.3. The predicted molar refractivity (Wildman–Crippen MR) is 91.7 cm³/mol. The van der Waals surface area contributed by atoms with Crippen LogP contribution in [-0.2, 0) is 20.0 Å². The summed E-state index contributed by atoms with van der Waals surface area (Å²) in [5.74, 6) is 0.340. The summed E-state index contributed by atoms with van der Waals surface area (Å²) in [4.78, 5) is 29.6. The Kier molecular flexibility index (Phi) is 5.18. The zero-order valence-corrected chi connectivity index (χ0v) is 14.5. The molecular formula is C16H18ClN5O3. The van der Waals surface area contributed by atoms with Crippen LogP contribution in [0.4, 0.5) is 4.79 Å².